The first-order valence-electron chi connectivity index (χ1n) is 11.0. The number of aryl methyl sites for hydroxylation is 2. The molecule has 0 bridgehead atoms. The SMILES string of the molecule is CC(=O)Nc1nc(C)nc(-c2ccccn2)n1.CC(=O)OC(C)=O.Cc1nc(N)nc(-c2ccccn2)n1. The minimum atomic E-state index is -0.562. The molecule has 4 rings (SSSR count). The molecule has 196 valence electrons. The molecule has 4 heterocycles. The number of ether oxygens (including phenoxy) is 1. The number of nitrogens with one attached hydrogen (secondary N) is 1. The van der Waals surface area contributed by atoms with Crippen LogP contribution in [0.5, 0.6) is 0 Å². The molecule has 0 radical (unpaired) electrons. The van der Waals surface area contributed by atoms with E-state index in [4.69, 9.17) is 5.73 Å². The Kier molecular flexibility index (Phi) is 10.9. The number of amides is 1. The lowest BCUT2D eigenvalue weighted by molar-refractivity contribution is -0.156. The predicted octanol–water partition coefficient (Wildman–Crippen LogP) is 2.12. The Morgan fingerprint density at radius 2 is 1.21 bits per heavy atom. The number of aromatic nitrogens is 8. The molecule has 0 unspecified atom stereocenters. The Labute approximate surface area is 218 Å². The molecule has 0 aliphatic rings. The summed E-state index contributed by atoms with van der Waals surface area (Å²) in [7, 11) is 0. The molecule has 14 heteroatoms. The van der Waals surface area contributed by atoms with Crippen molar-refractivity contribution in [2.24, 2.45) is 0 Å². The zero-order valence-electron chi connectivity index (χ0n) is 21.4. The Bertz CT molecular complexity index is 1350. The van der Waals surface area contributed by atoms with Gasteiger partial charge in [-0.25, -0.2) is 9.97 Å². The van der Waals surface area contributed by atoms with Crippen molar-refractivity contribution >= 4 is 29.7 Å². The maximum Gasteiger partial charge on any atom is 0.310 e. The number of hydrogen-bond acceptors (Lipinski definition) is 13. The van der Waals surface area contributed by atoms with Crippen LogP contribution >= 0.6 is 0 Å². The van der Waals surface area contributed by atoms with E-state index in [1.54, 1.807) is 32.3 Å². The Morgan fingerprint density at radius 3 is 1.61 bits per heavy atom. The fraction of sp³-hybridized carbons (Fsp3) is 0.208. The summed E-state index contributed by atoms with van der Waals surface area (Å²) >= 11 is 0. The van der Waals surface area contributed by atoms with E-state index in [1.165, 1.54) is 20.8 Å². The van der Waals surface area contributed by atoms with Gasteiger partial charge in [0.15, 0.2) is 11.6 Å². The standard InChI is InChI=1S/C11H11N5O.C9H9N5.C4H6O3/c1-7-13-10(9-5-3-4-6-12-9)16-11(14-7)15-8(2)17;1-6-12-8(14-9(10)13-6)7-4-2-3-5-11-7;1-3(5)7-4(2)6/h3-6H,1-2H3,(H,13,14,15,16,17);2-5H,1H3,(H2,10,12,13,14);1-2H3. The number of carbonyl (C=O) groups excluding carboxylic acids is 3. The minimum Gasteiger partial charge on any atom is -0.394 e. The van der Waals surface area contributed by atoms with Crippen LogP contribution in [0.4, 0.5) is 11.9 Å². The van der Waals surface area contributed by atoms with Gasteiger partial charge >= 0.3 is 11.9 Å². The average molecular weight is 519 g/mol. The van der Waals surface area contributed by atoms with Gasteiger partial charge in [0.05, 0.1) is 0 Å². The van der Waals surface area contributed by atoms with Gasteiger partial charge in [0.1, 0.15) is 23.0 Å². The van der Waals surface area contributed by atoms with Crippen molar-refractivity contribution in [1.82, 2.24) is 39.9 Å². The van der Waals surface area contributed by atoms with Crippen LogP contribution in [0, 0.1) is 13.8 Å². The summed E-state index contributed by atoms with van der Waals surface area (Å²) in [4.78, 5) is 63.2. The van der Waals surface area contributed by atoms with Gasteiger partial charge in [-0.2, -0.15) is 19.9 Å². The Balaban J connectivity index is 0.000000218. The number of nitrogens with two attached hydrogens (primary N) is 1. The second-order valence-corrected chi connectivity index (χ2v) is 7.29. The number of carbonyl (C=O) groups is 3. The van der Waals surface area contributed by atoms with Crippen LogP contribution in [0.25, 0.3) is 23.0 Å². The van der Waals surface area contributed by atoms with E-state index in [9.17, 15) is 14.4 Å². The molecule has 0 fully saturated rings. The minimum absolute atomic E-state index is 0.220. The zero-order valence-corrected chi connectivity index (χ0v) is 21.4. The van der Waals surface area contributed by atoms with Gasteiger partial charge in [0.25, 0.3) is 0 Å². The maximum atomic E-state index is 10.9. The molecule has 0 atom stereocenters. The molecule has 0 saturated carbocycles. The predicted molar refractivity (Wildman–Crippen MR) is 137 cm³/mol. The van der Waals surface area contributed by atoms with Crippen LogP contribution in [0.15, 0.2) is 48.8 Å². The van der Waals surface area contributed by atoms with Crippen molar-refractivity contribution in [3.8, 4) is 23.0 Å². The number of nitrogen functional groups attached to an aromatic ring is 1. The number of anilines is 2. The first-order chi connectivity index (χ1) is 18.0. The Morgan fingerprint density at radius 1 is 0.711 bits per heavy atom. The molecule has 3 N–H and O–H groups in total. The lowest BCUT2D eigenvalue weighted by Gasteiger charge is -2.04. The summed E-state index contributed by atoms with van der Waals surface area (Å²) in [6.45, 7) is 7.27. The van der Waals surface area contributed by atoms with E-state index < -0.39 is 11.9 Å². The number of rotatable bonds is 3. The quantitative estimate of drug-likeness (QED) is 0.295. The fourth-order valence-corrected chi connectivity index (χ4v) is 2.62. The highest BCUT2D eigenvalue weighted by atomic mass is 16.6. The summed E-state index contributed by atoms with van der Waals surface area (Å²) in [6.07, 6.45) is 3.34. The highest BCUT2D eigenvalue weighted by Crippen LogP contribution is 2.13. The van der Waals surface area contributed by atoms with Crippen LogP contribution < -0.4 is 11.1 Å². The van der Waals surface area contributed by atoms with Crippen molar-refractivity contribution in [3.63, 3.8) is 0 Å². The normalized spacial score (nSPS) is 9.61. The molecule has 0 aromatic carbocycles. The molecule has 0 spiro atoms. The monoisotopic (exact) mass is 518 g/mol. The number of nitrogens with zero attached hydrogens (tertiary/aromatic N) is 8. The van der Waals surface area contributed by atoms with Gasteiger partial charge in [-0.15, -0.1) is 0 Å². The Hall–Kier alpha value is -5.27. The highest BCUT2D eigenvalue weighted by molar-refractivity contribution is 5.86. The van der Waals surface area contributed by atoms with E-state index in [0.29, 0.717) is 34.7 Å². The van der Waals surface area contributed by atoms with Crippen molar-refractivity contribution in [1.29, 1.82) is 0 Å². The van der Waals surface area contributed by atoms with E-state index >= 15 is 0 Å². The van der Waals surface area contributed by atoms with E-state index in [-0.39, 0.29) is 17.8 Å². The highest BCUT2D eigenvalue weighted by Gasteiger charge is 2.08. The molecule has 0 saturated heterocycles. The van der Waals surface area contributed by atoms with Gasteiger partial charge in [-0.3, -0.25) is 29.7 Å². The van der Waals surface area contributed by atoms with Gasteiger partial charge in [0.2, 0.25) is 17.8 Å². The summed E-state index contributed by atoms with van der Waals surface area (Å²) in [6, 6.07) is 11.0. The maximum absolute atomic E-state index is 10.9. The van der Waals surface area contributed by atoms with Crippen molar-refractivity contribution in [2.75, 3.05) is 11.1 Å². The third-order valence-electron chi connectivity index (χ3n) is 3.87. The van der Waals surface area contributed by atoms with Crippen LogP contribution in [-0.2, 0) is 19.1 Å². The van der Waals surface area contributed by atoms with Crippen LogP contribution in [0.3, 0.4) is 0 Å². The molecule has 38 heavy (non-hydrogen) atoms. The second-order valence-electron chi connectivity index (χ2n) is 7.29. The van der Waals surface area contributed by atoms with Crippen molar-refractivity contribution in [2.45, 2.75) is 34.6 Å². The molecule has 0 aliphatic heterocycles. The first-order valence-corrected chi connectivity index (χ1v) is 11.0. The number of esters is 2. The van der Waals surface area contributed by atoms with Crippen LogP contribution in [0.2, 0.25) is 0 Å². The van der Waals surface area contributed by atoms with Gasteiger partial charge in [-0.05, 0) is 38.1 Å². The summed E-state index contributed by atoms with van der Waals surface area (Å²) in [5.41, 5.74) is 6.85. The summed E-state index contributed by atoms with van der Waals surface area (Å²) in [5.74, 6) is 1.20. The van der Waals surface area contributed by atoms with Gasteiger partial charge in [0, 0.05) is 33.2 Å². The van der Waals surface area contributed by atoms with Crippen LogP contribution in [0.1, 0.15) is 32.4 Å². The smallest absolute Gasteiger partial charge is 0.310 e. The average Bonchev–Trinajstić information content (AvgIpc) is 2.84. The van der Waals surface area contributed by atoms with Crippen molar-refractivity contribution in [3.05, 3.63) is 60.4 Å². The summed E-state index contributed by atoms with van der Waals surface area (Å²) < 4.78 is 3.97. The molecular formula is C24H26N10O4. The van der Waals surface area contributed by atoms with E-state index in [0.717, 1.165) is 0 Å². The molecule has 4 aromatic heterocycles. The number of pyridine rings is 2. The third kappa shape index (κ3) is 10.6. The van der Waals surface area contributed by atoms with Gasteiger partial charge < -0.3 is 10.5 Å². The lowest BCUT2D eigenvalue weighted by Crippen LogP contribution is -2.11. The topological polar surface area (TPSA) is 202 Å². The van der Waals surface area contributed by atoms with E-state index in [2.05, 4.69) is 49.9 Å². The molecule has 14 nitrogen and oxygen atoms in total. The largest absolute Gasteiger partial charge is 0.394 e. The fourth-order valence-electron chi connectivity index (χ4n) is 2.62. The summed E-state index contributed by atoms with van der Waals surface area (Å²) in [5, 5.41) is 2.53. The molecule has 1 amide bonds. The van der Waals surface area contributed by atoms with Crippen molar-refractivity contribution < 1.29 is 19.1 Å². The third-order valence-corrected chi connectivity index (χ3v) is 3.87. The molecule has 0 aliphatic carbocycles. The lowest BCUT2D eigenvalue weighted by atomic mass is 10.3. The van der Waals surface area contributed by atoms with Gasteiger partial charge in [-0.1, -0.05) is 12.1 Å². The first kappa shape index (κ1) is 29.0. The second kappa shape index (κ2) is 14.3. The number of hydrogen-bond donors (Lipinski definition) is 2. The molecule has 4 aromatic rings. The van der Waals surface area contributed by atoms with E-state index in [1.807, 2.05) is 30.3 Å². The van der Waals surface area contributed by atoms with Crippen LogP contribution in [-0.4, -0.2) is 57.7 Å². The zero-order chi connectivity index (χ0) is 28.1. The molecular weight excluding hydrogens is 492 g/mol.